The van der Waals surface area contributed by atoms with Crippen LogP contribution in [-0.2, 0) is 66.6 Å². The summed E-state index contributed by atoms with van der Waals surface area (Å²) in [6.07, 6.45) is 29.9. The highest BCUT2D eigenvalue weighted by Crippen LogP contribution is 2.50. The second-order valence-corrected chi connectivity index (χ2v) is 53.8. The molecule has 17 rings (SSSR count). The molecule has 6 aromatic heterocycles. The highest BCUT2D eigenvalue weighted by molar-refractivity contribution is 9.12. The molecule has 4 amide bonds. The number of carbonyl (C=O) groups excluding carboxylic acids is 10. The zero-order valence-electron chi connectivity index (χ0n) is 82.0. The molecule has 0 aromatic carbocycles. The number of nitrogen functional groups attached to an aromatic ring is 1. The van der Waals surface area contributed by atoms with Crippen molar-refractivity contribution in [1.29, 1.82) is 0 Å². The Hall–Kier alpha value is -5.19. The predicted octanol–water partition coefficient (Wildman–Crippen LogP) is 24.8. The number of nitrogens with one attached hydrogen (secondary N) is 1. The van der Waals surface area contributed by atoms with E-state index in [0.29, 0.717) is 173 Å². The first kappa shape index (κ1) is 115. The molecule has 2 saturated heterocycles. The number of ketones is 1. The largest absolute Gasteiger partial charge is 0.477 e. The Balaban J connectivity index is 0.000000155. The molecule has 9 aliphatic carbocycles. The Morgan fingerprint density at radius 2 is 0.599 bits per heavy atom. The Kier molecular flexibility index (Phi) is 44.3. The molecule has 6 aromatic rings. The lowest BCUT2D eigenvalue weighted by molar-refractivity contribution is -0.179. The summed E-state index contributed by atoms with van der Waals surface area (Å²) in [4.78, 5) is 148. The first-order chi connectivity index (χ1) is 67.9. The third-order valence-corrected chi connectivity index (χ3v) is 39.1. The minimum atomic E-state index is -0.999. The number of aromatic carboxylic acids is 1. The Bertz CT molecular complexity index is 5240. The van der Waals surface area contributed by atoms with Crippen molar-refractivity contribution in [1.82, 2.24) is 0 Å². The number of anilines is 6. The third-order valence-electron chi connectivity index (χ3n) is 29.4. The molecule has 0 atom stereocenters. The Morgan fingerprint density at radius 1 is 0.345 bits per heavy atom. The maximum atomic E-state index is 13.8. The van der Waals surface area contributed by atoms with Crippen molar-refractivity contribution in [3.05, 3.63) is 88.4 Å². The van der Waals surface area contributed by atoms with Crippen LogP contribution in [0.2, 0.25) is 0 Å². The first-order valence-electron chi connectivity index (χ1n) is 49.5. The van der Waals surface area contributed by atoms with E-state index < -0.39 is 35.6 Å². The normalized spacial score (nSPS) is 25.3. The van der Waals surface area contributed by atoms with Crippen LogP contribution >= 0.6 is 164 Å². The molecular formula is C101H134Br6N6O23S6. The number of rotatable bonds is 20. The van der Waals surface area contributed by atoms with Crippen LogP contribution in [0.1, 0.15) is 317 Å². The molecule has 784 valence electrons. The van der Waals surface area contributed by atoms with Gasteiger partial charge in [0.2, 0.25) is 23.6 Å². The molecule has 0 unspecified atom stereocenters. The van der Waals surface area contributed by atoms with Crippen LogP contribution in [0.4, 0.5) is 34.1 Å². The molecule has 11 fully saturated rings. The number of carbonyl (C=O) groups is 11. The van der Waals surface area contributed by atoms with Gasteiger partial charge in [0.25, 0.3) is 0 Å². The van der Waals surface area contributed by atoms with Gasteiger partial charge < -0.3 is 88.6 Å². The van der Waals surface area contributed by atoms with Crippen LogP contribution in [0.3, 0.4) is 0 Å². The van der Waals surface area contributed by atoms with E-state index >= 15 is 0 Å². The fourth-order valence-electron chi connectivity index (χ4n) is 21.2. The van der Waals surface area contributed by atoms with Gasteiger partial charge >= 0.3 is 35.8 Å². The number of aliphatic hydroxyl groups excluding tert-OH is 2. The number of nitrogens with two attached hydrogens (primary N) is 1. The molecule has 2 spiro atoms. The average molecular weight is 2470 g/mol. The number of Topliss-reactive ketones (excluding diaryl/α,β-unsaturated/α-hetero) is 1. The van der Waals surface area contributed by atoms with Crippen LogP contribution in [0.25, 0.3) is 0 Å². The van der Waals surface area contributed by atoms with Crippen LogP contribution < -0.4 is 30.7 Å². The standard InChI is InChI=1S/C22H30BrNO5S.C20H28BrNO4S.C20H26BrNO4S.C19H26BrNO4S.C14H18BrNO4S.C6H6BrNO2S/c1-14-3-5-15(6-4-14)20(25)24(17-13-18(23)30-19(17)21(26)27-2)16-7-9-22(10-8-16)28-11-12-29-22;2*1-12-3-5-13(6-4-12)19(24)22(14-7-9-15(23)10-8-14)16-11-17(21)27-18(16)20(25)26-2;1-11-2-4-12(5-3-11)18(23)21(13-6-8-14(22)9-7-13)15-10-16(20)26-17(15)19(24)25;1-18-13(17)12-10(8-11(15)21-12)16-9-2-4-14(5-3-9)19-6-7-20-14;1-10-6(9)5-3(8)2-4(7)11-5/h13-16H,3-12H2,1-2H3;11-15,23H,3-10H2,1-2H3;11-14H,3-10H2,1-2H3;10-14,22H,2-9H2,1H3,(H,24,25);8-9,16H,2-7H2,1H3;2H,8H2,1H3. The lowest BCUT2D eigenvalue weighted by Gasteiger charge is -2.42. The average Bonchev–Trinajstić information content (AvgIpc) is 1.48. The number of amides is 4. The number of methoxy groups -OCH3 is 5. The summed E-state index contributed by atoms with van der Waals surface area (Å²) in [5.74, 6) is -0.426. The van der Waals surface area contributed by atoms with Gasteiger partial charge in [-0.2, -0.15) is 0 Å². The van der Waals surface area contributed by atoms with Crippen molar-refractivity contribution in [3.8, 4) is 0 Å². The van der Waals surface area contributed by atoms with Crippen molar-refractivity contribution < 1.29 is 111 Å². The Labute approximate surface area is 906 Å². The van der Waals surface area contributed by atoms with Crippen molar-refractivity contribution in [2.45, 2.75) is 313 Å². The van der Waals surface area contributed by atoms with E-state index in [-0.39, 0.29) is 106 Å². The number of carboxylic acids is 1. The molecule has 142 heavy (non-hydrogen) atoms. The Morgan fingerprint density at radius 3 is 0.901 bits per heavy atom. The van der Waals surface area contributed by atoms with E-state index in [0.717, 1.165) is 207 Å². The second-order valence-electron chi connectivity index (χ2n) is 39.2. The van der Waals surface area contributed by atoms with E-state index in [9.17, 15) is 68.1 Å². The smallest absolute Gasteiger partial charge is 0.350 e. The van der Waals surface area contributed by atoms with Gasteiger partial charge in [0.15, 0.2) is 11.6 Å². The summed E-state index contributed by atoms with van der Waals surface area (Å²) in [7, 11) is 6.83. The summed E-state index contributed by atoms with van der Waals surface area (Å²) >= 11 is 28.2. The van der Waals surface area contributed by atoms with Crippen molar-refractivity contribution in [3.63, 3.8) is 0 Å². The van der Waals surface area contributed by atoms with Gasteiger partial charge in [0.05, 0.1) is 131 Å². The van der Waals surface area contributed by atoms with Crippen LogP contribution in [0.5, 0.6) is 0 Å². The molecule has 0 bridgehead atoms. The topological polar surface area (TPSA) is 383 Å². The summed E-state index contributed by atoms with van der Waals surface area (Å²) in [5, 5.41) is 32.8. The second kappa shape index (κ2) is 54.5. The zero-order valence-corrected chi connectivity index (χ0v) is 96.4. The van der Waals surface area contributed by atoms with Gasteiger partial charge in [0, 0.05) is 92.4 Å². The quantitative estimate of drug-likeness (QED) is 0.0350. The van der Waals surface area contributed by atoms with Crippen molar-refractivity contribution >= 4 is 263 Å². The molecular weight excluding hydrogens is 2340 g/mol. The van der Waals surface area contributed by atoms with Crippen LogP contribution in [0, 0.1) is 47.3 Å². The van der Waals surface area contributed by atoms with E-state index in [4.69, 9.17) is 43.6 Å². The SMILES string of the molecule is CC1CCC(C(=O)N(c2cc(Br)sc2C(=O)O)C2CCC(O)CC2)CC1.COC(=O)c1sc(Br)cc1N.COC(=O)c1sc(Br)cc1N(C(=O)C1CCC(C)CC1)C1CCC(=O)CC1.COC(=O)c1sc(Br)cc1N(C(=O)C1CCC(C)CC1)C1CCC(O)CC1.COC(=O)c1sc(Br)cc1N(C(=O)C1CCC(C)CC1)C1CCC2(CC1)OCCO2.COC(=O)c1sc(Br)cc1NC1CCC2(CC1)OCCO2. The molecule has 6 N–H and O–H groups in total. The zero-order chi connectivity index (χ0) is 103. The highest BCUT2D eigenvalue weighted by Gasteiger charge is 2.48. The van der Waals surface area contributed by atoms with Gasteiger partial charge in [-0.1, -0.05) is 27.7 Å². The molecule has 0 radical (unpaired) electrons. The fourth-order valence-corrected chi connectivity index (χ4v) is 30.1. The maximum Gasteiger partial charge on any atom is 0.350 e. The van der Waals surface area contributed by atoms with Gasteiger partial charge in [0.1, 0.15) is 35.0 Å². The van der Waals surface area contributed by atoms with Gasteiger partial charge in [-0.3, -0.25) is 24.0 Å². The van der Waals surface area contributed by atoms with Crippen molar-refractivity contribution in [2.75, 3.05) is 92.6 Å². The summed E-state index contributed by atoms with van der Waals surface area (Å²) in [5.41, 5.74) is 9.26. The van der Waals surface area contributed by atoms with Gasteiger partial charge in [-0.15, -0.1) is 68.0 Å². The van der Waals surface area contributed by atoms with E-state index in [2.05, 4.69) is 133 Å². The molecule has 41 heteroatoms. The predicted molar refractivity (Wildman–Crippen MR) is 576 cm³/mol. The molecule has 11 aliphatic rings. The maximum absolute atomic E-state index is 13.8. The number of nitrogens with zero attached hydrogens (tertiary/aromatic N) is 4. The molecule has 8 heterocycles. The summed E-state index contributed by atoms with van der Waals surface area (Å²) in [6.45, 7) is 11.6. The van der Waals surface area contributed by atoms with Crippen LogP contribution in [0.15, 0.2) is 59.1 Å². The highest BCUT2D eigenvalue weighted by atomic mass is 79.9. The number of ether oxygens (including phenoxy) is 9. The third kappa shape index (κ3) is 30.6. The number of aliphatic hydroxyl groups is 2. The van der Waals surface area contributed by atoms with E-state index in [1.165, 1.54) is 92.2 Å². The number of thiophene rings is 6. The van der Waals surface area contributed by atoms with Crippen molar-refractivity contribution in [2.24, 2.45) is 47.3 Å². The van der Waals surface area contributed by atoms with Gasteiger partial charge in [-0.05, 0) is 348 Å². The molecule has 9 saturated carbocycles. The minimum absolute atomic E-state index is 0.0111. The summed E-state index contributed by atoms with van der Waals surface area (Å²) in [6, 6.07) is 11.3. The monoisotopic (exact) mass is 2460 g/mol. The first-order valence-corrected chi connectivity index (χ1v) is 59.2. The molecule has 29 nitrogen and oxygen atoms in total. The van der Waals surface area contributed by atoms with Crippen LogP contribution in [-0.4, -0.2) is 197 Å². The number of esters is 5. The number of hydrogen-bond acceptors (Lipinski definition) is 30. The van der Waals surface area contributed by atoms with E-state index in [1.807, 2.05) is 39.0 Å². The lowest BCUT2D eigenvalue weighted by atomic mass is 9.81. The van der Waals surface area contributed by atoms with E-state index in [1.54, 1.807) is 17.0 Å². The lowest BCUT2D eigenvalue weighted by Crippen LogP contribution is -2.49. The number of carboxylic acid groups (broad SMARTS) is 1. The summed E-state index contributed by atoms with van der Waals surface area (Å²) < 4.78 is 52.4. The number of halogens is 6. The number of hydrogen-bond donors (Lipinski definition) is 5. The van der Waals surface area contributed by atoms with Gasteiger partial charge in [-0.25, -0.2) is 28.8 Å². The minimum Gasteiger partial charge on any atom is -0.477 e. The molecule has 2 aliphatic heterocycles. The fraction of sp³-hybridized carbons (Fsp3) is 0.653.